The Bertz CT molecular complexity index is 372. The summed E-state index contributed by atoms with van der Waals surface area (Å²) in [7, 11) is 1.83. The van der Waals surface area contributed by atoms with E-state index in [0.29, 0.717) is 0 Å². The van der Waals surface area contributed by atoms with Crippen LogP contribution in [0.1, 0.15) is 11.8 Å². The highest BCUT2D eigenvalue weighted by atomic mass is 32.1. The van der Waals surface area contributed by atoms with Gasteiger partial charge < -0.3 is 10.2 Å². The van der Waals surface area contributed by atoms with Crippen molar-refractivity contribution in [3.8, 4) is 0 Å². The highest BCUT2D eigenvalue weighted by molar-refractivity contribution is 7.09. The second kappa shape index (κ2) is 6.31. The standard InChI is InChI=1S/C13H21N3OS/c1-11(14-2)13(17)16-7-5-15(6-8-16)10-12-4-3-9-18-12/h3-4,9,11,14H,5-8,10H2,1-2H3. The van der Waals surface area contributed by atoms with E-state index in [4.69, 9.17) is 0 Å². The summed E-state index contributed by atoms with van der Waals surface area (Å²) >= 11 is 1.80. The van der Waals surface area contributed by atoms with Gasteiger partial charge in [0.25, 0.3) is 0 Å². The van der Waals surface area contributed by atoms with Crippen LogP contribution in [0.2, 0.25) is 0 Å². The number of carbonyl (C=O) groups is 1. The minimum Gasteiger partial charge on any atom is -0.339 e. The van der Waals surface area contributed by atoms with Crippen molar-refractivity contribution in [3.05, 3.63) is 22.4 Å². The van der Waals surface area contributed by atoms with Gasteiger partial charge in [0.2, 0.25) is 5.91 Å². The van der Waals surface area contributed by atoms with Crippen molar-refractivity contribution in [3.63, 3.8) is 0 Å². The van der Waals surface area contributed by atoms with Crippen LogP contribution in [-0.4, -0.2) is 55.0 Å². The maximum absolute atomic E-state index is 12.0. The molecule has 2 rings (SSSR count). The fraction of sp³-hybridized carbons (Fsp3) is 0.615. The first kappa shape index (κ1) is 13.5. The number of nitrogens with one attached hydrogen (secondary N) is 1. The molecule has 4 nitrogen and oxygen atoms in total. The van der Waals surface area contributed by atoms with Crippen LogP contribution >= 0.6 is 11.3 Å². The Labute approximate surface area is 113 Å². The van der Waals surface area contributed by atoms with Crippen LogP contribution in [0.15, 0.2) is 17.5 Å². The maximum atomic E-state index is 12.0. The lowest BCUT2D eigenvalue weighted by Crippen LogP contribution is -2.52. The Hall–Kier alpha value is -0.910. The second-order valence-electron chi connectivity index (χ2n) is 4.69. The summed E-state index contributed by atoms with van der Waals surface area (Å²) in [5.41, 5.74) is 0. The van der Waals surface area contributed by atoms with Crippen LogP contribution in [0, 0.1) is 0 Å². The molecule has 0 radical (unpaired) electrons. The van der Waals surface area contributed by atoms with Crippen LogP contribution in [0.5, 0.6) is 0 Å². The van der Waals surface area contributed by atoms with Gasteiger partial charge in [0.05, 0.1) is 6.04 Å². The first-order chi connectivity index (χ1) is 8.70. The van der Waals surface area contributed by atoms with E-state index in [1.54, 1.807) is 11.3 Å². The van der Waals surface area contributed by atoms with Gasteiger partial charge in [-0.2, -0.15) is 0 Å². The Balaban J connectivity index is 1.79. The monoisotopic (exact) mass is 267 g/mol. The van der Waals surface area contributed by atoms with Crippen molar-refractivity contribution in [2.45, 2.75) is 19.5 Å². The van der Waals surface area contributed by atoms with Gasteiger partial charge in [-0.25, -0.2) is 0 Å². The van der Waals surface area contributed by atoms with Gasteiger partial charge in [-0.05, 0) is 25.4 Å². The Kier molecular flexibility index (Phi) is 4.74. The third-order valence-electron chi connectivity index (χ3n) is 3.45. The largest absolute Gasteiger partial charge is 0.339 e. The van der Waals surface area contributed by atoms with Gasteiger partial charge >= 0.3 is 0 Å². The van der Waals surface area contributed by atoms with E-state index in [2.05, 4.69) is 27.7 Å². The molecule has 0 saturated carbocycles. The number of likely N-dealkylation sites (N-methyl/N-ethyl adjacent to an activating group) is 1. The van der Waals surface area contributed by atoms with Crippen LogP contribution in [0.25, 0.3) is 0 Å². The number of carbonyl (C=O) groups excluding carboxylic acids is 1. The third-order valence-corrected chi connectivity index (χ3v) is 4.31. The summed E-state index contributed by atoms with van der Waals surface area (Å²) in [5.74, 6) is 0.216. The van der Waals surface area contributed by atoms with Crippen LogP contribution in [0.3, 0.4) is 0 Å². The molecule has 1 aliphatic heterocycles. The summed E-state index contributed by atoms with van der Waals surface area (Å²) in [6.45, 7) is 6.56. The van der Waals surface area contributed by atoms with Crippen molar-refractivity contribution in [1.82, 2.24) is 15.1 Å². The van der Waals surface area contributed by atoms with Crippen LogP contribution in [0.4, 0.5) is 0 Å². The van der Waals surface area contributed by atoms with Crippen molar-refractivity contribution < 1.29 is 4.79 Å². The number of nitrogens with zero attached hydrogens (tertiary/aromatic N) is 2. The minimum absolute atomic E-state index is 0.0751. The fourth-order valence-electron chi connectivity index (χ4n) is 2.15. The normalized spacial score (nSPS) is 18.9. The van der Waals surface area contributed by atoms with Gasteiger partial charge in [0.15, 0.2) is 0 Å². The summed E-state index contributed by atoms with van der Waals surface area (Å²) in [6, 6.07) is 4.19. The van der Waals surface area contributed by atoms with Crippen molar-refractivity contribution >= 4 is 17.2 Å². The molecular formula is C13H21N3OS. The topological polar surface area (TPSA) is 35.6 Å². The van der Waals surface area contributed by atoms with Gasteiger partial charge in [0.1, 0.15) is 0 Å². The predicted octanol–water partition coefficient (Wildman–Crippen LogP) is 1.00. The molecule has 1 aromatic rings. The highest BCUT2D eigenvalue weighted by Crippen LogP contribution is 2.13. The fourth-order valence-corrected chi connectivity index (χ4v) is 2.89. The van der Waals surface area contributed by atoms with E-state index < -0.39 is 0 Å². The summed E-state index contributed by atoms with van der Waals surface area (Å²) < 4.78 is 0. The molecule has 100 valence electrons. The predicted molar refractivity (Wildman–Crippen MR) is 74.7 cm³/mol. The molecule has 0 aromatic carbocycles. The average molecular weight is 267 g/mol. The molecule has 1 N–H and O–H groups in total. The third kappa shape index (κ3) is 3.31. The second-order valence-corrected chi connectivity index (χ2v) is 5.72. The number of hydrogen-bond acceptors (Lipinski definition) is 4. The lowest BCUT2D eigenvalue weighted by atomic mass is 10.2. The Morgan fingerprint density at radius 1 is 1.44 bits per heavy atom. The first-order valence-corrected chi connectivity index (χ1v) is 7.29. The van der Waals surface area contributed by atoms with Crippen molar-refractivity contribution in [2.24, 2.45) is 0 Å². The van der Waals surface area contributed by atoms with Crippen LogP contribution < -0.4 is 5.32 Å². The molecule has 1 saturated heterocycles. The van der Waals surface area contributed by atoms with E-state index in [1.165, 1.54) is 4.88 Å². The lowest BCUT2D eigenvalue weighted by Gasteiger charge is -2.35. The molecule has 0 aliphatic carbocycles. The van der Waals surface area contributed by atoms with Gasteiger partial charge in [-0.3, -0.25) is 9.69 Å². The van der Waals surface area contributed by atoms with Crippen LogP contribution in [-0.2, 0) is 11.3 Å². The SMILES string of the molecule is CNC(C)C(=O)N1CCN(Cc2cccs2)CC1. The molecule has 1 unspecified atom stereocenters. The summed E-state index contributed by atoms with van der Waals surface area (Å²) in [4.78, 5) is 17.8. The zero-order valence-corrected chi connectivity index (χ0v) is 11.9. The lowest BCUT2D eigenvalue weighted by molar-refractivity contribution is -0.134. The van der Waals surface area contributed by atoms with E-state index >= 15 is 0 Å². The molecule has 1 aromatic heterocycles. The van der Waals surface area contributed by atoms with Crippen molar-refractivity contribution in [2.75, 3.05) is 33.2 Å². The summed E-state index contributed by atoms with van der Waals surface area (Å²) in [5, 5.41) is 5.12. The Morgan fingerprint density at radius 3 is 2.72 bits per heavy atom. The van der Waals surface area contributed by atoms with E-state index in [-0.39, 0.29) is 11.9 Å². The molecule has 1 fully saturated rings. The molecule has 1 amide bonds. The zero-order valence-electron chi connectivity index (χ0n) is 11.1. The number of rotatable bonds is 4. The molecule has 18 heavy (non-hydrogen) atoms. The minimum atomic E-state index is -0.0751. The maximum Gasteiger partial charge on any atom is 0.239 e. The molecule has 2 heterocycles. The molecule has 0 bridgehead atoms. The number of thiophene rings is 1. The molecule has 1 atom stereocenters. The van der Waals surface area contributed by atoms with Gasteiger partial charge in [-0.15, -0.1) is 11.3 Å². The smallest absolute Gasteiger partial charge is 0.239 e. The summed E-state index contributed by atoms with van der Waals surface area (Å²) in [6.07, 6.45) is 0. The van der Waals surface area contributed by atoms with E-state index in [9.17, 15) is 4.79 Å². The van der Waals surface area contributed by atoms with E-state index in [1.807, 2.05) is 18.9 Å². The highest BCUT2D eigenvalue weighted by Gasteiger charge is 2.23. The average Bonchev–Trinajstić information content (AvgIpc) is 2.91. The molecule has 5 heteroatoms. The van der Waals surface area contributed by atoms with Gasteiger partial charge in [-0.1, -0.05) is 6.07 Å². The number of piperazine rings is 1. The number of hydrogen-bond donors (Lipinski definition) is 1. The number of amides is 1. The molecular weight excluding hydrogens is 246 g/mol. The quantitative estimate of drug-likeness (QED) is 0.884. The molecule has 1 aliphatic rings. The molecule has 0 spiro atoms. The van der Waals surface area contributed by atoms with E-state index in [0.717, 1.165) is 32.7 Å². The van der Waals surface area contributed by atoms with Gasteiger partial charge in [0, 0.05) is 37.6 Å². The van der Waals surface area contributed by atoms with Crippen molar-refractivity contribution in [1.29, 1.82) is 0 Å². The zero-order chi connectivity index (χ0) is 13.0. The Morgan fingerprint density at radius 2 is 2.17 bits per heavy atom. The first-order valence-electron chi connectivity index (χ1n) is 6.41.